The molecule has 0 rings (SSSR count). The Bertz CT molecular complexity index is 231. The van der Waals surface area contributed by atoms with E-state index in [1.165, 1.54) is 4.31 Å². The molecule has 2 atom stereocenters. The number of hydrogen-bond donors (Lipinski definition) is 0. The fourth-order valence-corrected chi connectivity index (χ4v) is 3.20. The molecule has 0 aliphatic carbocycles. The lowest BCUT2D eigenvalue weighted by atomic mass is 10.2. The van der Waals surface area contributed by atoms with Gasteiger partial charge < -0.3 is 0 Å². The van der Waals surface area contributed by atoms with E-state index in [0.717, 1.165) is 12.8 Å². The number of rotatable bonds is 5. The second-order valence-electron chi connectivity index (χ2n) is 3.29. The lowest BCUT2D eigenvalue weighted by Crippen LogP contribution is -2.41. The number of halogens is 1. The van der Waals surface area contributed by atoms with Gasteiger partial charge >= 0.3 is 0 Å². The highest BCUT2D eigenvalue weighted by Crippen LogP contribution is 2.19. The molecule has 0 saturated carbocycles. The first kappa shape index (κ1) is 13.2. The Labute approximate surface area is 85.6 Å². The highest BCUT2D eigenvalue weighted by molar-refractivity contribution is 8.11. The monoisotopic (exact) mass is 227 g/mol. The summed E-state index contributed by atoms with van der Waals surface area (Å²) in [4.78, 5) is 0. The van der Waals surface area contributed by atoms with Crippen molar-refractivity contribution in [2.45, 2.75) is 52.6 Å². The first-order chi connectivity index (χ1) is 5.84. The predicted octanol–water partition coefficient (Wildman–Crippen LogP) is 2.37. The van der Waals surface area contributed by atoms with E-state index in [2.05, 4.69) is 0 Å². The Kier molecular flexibility index (Phi) is 5.25. The zero-order chi connectivity index (χ0) is 10.6. The molecule has 0 aromatic carbocycles. The first-order valence-electron chi connectivity index (χ1n) is 4.57. The van der Waals surface area contributed by atoms with E-state index < -0.39 is 9.24 Å². The average Bonchev–Trinajstić information content (AvgIpc) is 2.01. The van der Waals surface area contributed by atoms with Gasteiger partial charge in [-0.25, -0.2) is 0 Å². The third kappa shape index (κ3) is 3.83. The molecule has 0 fully saturated rings. The minimum absolute atomic E-state index is 0.0301. The molecule has 0 radical (unpaired) electrons. The number of hydrogen-bond acceptors (Lipinski definition) is 2. The van der Waals surface area contributed by atoms with Gasteiger partial charge in [0, 0.05) is 22.8 Å². The quantitative estimate of drug-likeness (QED) is 0.677. The van der Waals surface area contributed by atoms with E-state index in [-0.39, 0.29) is 12.1 Å². The van der Waals surface area contributed by atoms with E-state index in [1.807, 2.05) is 27.7 Å². The lowest BCUT2D eigenvalue weighted by molar-refractivity contribution is 0.268. The van der Waals surface area contributed by atoms with Gasteiger partial charge in [0.1, 0.15) is 0 Å². The summed E-state index contributed by atoms with van der Waals surface area (Å²) < 4.78 is 23.8. The van der Waals surface area contributed by atoms with E-state index in [1.54, 1.807) is 0 Å². The van der Waals surface area contributed by atoms with Gasteiger partial charge in [-0.05, 0) is 26.7 Å². The van der Waals surface area contributed by atoms with Crippen LogP contribution in [0.3, 0.4) is 0 Å². The second kappa shape index (κ2) is 5.17. The molecular formula is C8H18ClNO2S. The van der Waals surface area contributed by atoms with E-state index in [0.29, 0.717) is 0 Å². The lowest BCUT2D eigenvalue weighted by Gasteiger charge is -2.29. The van der Waals surface area contributed by atoms with Gasteiger partial charge in [-0.1, -0.05) is 13.8 Å². The summed E-state index contributed by atoms with van der Waals surface area (Å²) in [5.74, 6) is 0. The predicted molar refractivity (Wildman–Crippen MR) is 56.1 cm³/mol. The summed E-state index contributed by atoms with van der Waals surface area (Å²) in [6, 6.07) is -0.0603. The van der Waals surface area contributed by atoms with Crippen LogP contribution >= 0.6 is 10.7 Å². The van der Waals surface area contributed by atoms with Gasteiger partial charge in [0.05, 0.1) is 0 Å². The van der Waals surface area contributed by atoms with Crippen molar-refractivity contribution < 1.29 is 8.42 Å². The molecule has 0 aromatic heterocycles. The Morgan fingerprint density at radius 2 is 1.46 bits per heavy atom. The van der Waals surface area contributed by atoms with Crippen LogP contribution in [0, 0.1) is 0 Å². The van der Waals surface area contributed by atoms with Crippen molar-refractivity contribution in [3.05, 3.63) is 0 Å². The Morgan fingerprint density at radius 3 is 1.62 bits per heavy atom. The van der Waals surface area contributed by atoms with Crippen LogP contribution < -0.4 is 0 Å². The maximum absolute atomic E-state index is 11.2. The molecule has 0 bridgehead atoms. The van der Waals surface area contributed by atoms with Gasteiger partial charge in [-0.2, -0.15) is 12.7 Å². The largest absolute Gasteiger partial charge is 0.300 e. The van der Waals surface area contributed by atoms with E-state index in [4.69, 9.17) is 10.7 Å². The maximum Gasteiger partial charge on any atom is 0.300 e. The summed E-state index contributed by atoms with van der Waals surface area (Å²) in [7, 11) is 1.76. The van der Waals surface area contributed by atoms with Gasteiger partial charge in [0.15, 0.2) is 0 Å². The summed E-state index contributed by atoms with van der Waals surface area (Å²) in [5, 5.41) is 0. The molecule has 80 valence electrons. The Hall–Kier alpha value is 0.200. The highest BCUT2D eigenvalue weighted by atomic mass is 35.7. The zero-order valence-electron chi connectivity index (χ0n) is 8.62. The van der Waals surface area contributed by atoms with E-state index in [9.17, 15) is 8.42 Å². The van der Waals surface area contributed by atoms with Gasteiger partial charge in [-0.15, -0.1) is 0 Å². The third-order valence-corrected chi connectivity index (χ3v) is 4.00. The molecule has 2 unspecified atom stereocenters. The Balaban J connectivity index is 4.76. The van der Waals surface area contributed by atoms with Crippen LogP contribution in [0.5, 0.6) is 0 Å². The molecule has 3 nitrogen and oxygen atoms in total. The van der Waals surface area contributed by atoms with Crippen LogP contribution in [0.4, 0.5) is 0 Å². The van der Waals surface area contributed by atoms with Crippen molar-refractivity contribution in [2.24, 2.45) is 0 Å². The van der Waals surface area contributed by atoms with Crippen molar-refractivity contribution in [1.82, 2.24) is 4.31 Å². The number of nitrogens with zero attached hydrogens (tertiary/aromatic N) is 1. The summed E-state index contributed by atoms with van der Waals surface area (Å²) in [6.07, 6.45) is 1.55. The van der Waals surface area contributed by atoms with Crippen molar-refractivity contribution in [1.29, 1.82) is 0 Å². The fourth-order valence-electron chi connectivity index (χ4n) is 1.22. The minimum atomic E-state index is -3.58. The molecule has 0 spiro atoms. The topological polar surface area (TPSA) is 37.4 Å². The summed E-state index contributed by atoms with van der Waals surface area (Å²) >= 11 is 0. The molecule has 0 N–H and O–H groups in total. The molecule has 13 heavy (non-hydrogen) atoms. The standard InChI is InChI=1S/C8H18ClNO2S/c1-5-7(3)10(8(4)6-2)13(9,11)12/h7-8H,5-6H2,1-4H3. The zero-order valence-corrected chi connectivity index (χ0v) is 10.2. The third-order valence-electron chi connectivity index (χ3n) is 2.30. The van der Waals surface area contributed by atoms with Crippen LogP contribution in [0.25, 0.3) is 0 Å². The first-order valence-corrected chi connectivity index (χ1v) is 6.84. The maximum atomic E-state index is 11.2. The molecule has 0 saturated heterocycles. The average molecular weight is 228 g/mol. The SMILES string of the molecule is CCC(C)N(C(C)CC)S(=O)(=O)Cl. The van der Waals surface area contributed by atoms with Crippen LogP contribution in [0.1, 0.15) is 40.5 Å². The summed E-state index contributed by atoms with van der Waals surface area (Å²) in [5.41, 5.74) is 0. The van der Waals surface area contributed by atoms with Crippen molar-refractivity contribution in [3.63, 3.8) is 0 Å². The Morgan fingerprint density at radius 1 is 1.15 bits per heavy atom. The van der Waals surface area contributed by atoms with Crippen LogP contribution in [-0.4, -0.2) is 24.8 Å². The van der Waals surface area contributed by atoms with Crippen LogP contribution in [0.2, 0.25) is 0 Å². The van der Waals surface area contributed by atoms with Crippen molar-refractivity contribution >= 4 is 19.9 Å². The molecule has 0 heterocycles. The van der Waals surface area contributed by atoms with Crippen molar-refractivity contribution in [3.8, 4) is 0 Å². The van der Waals surface area contributed by atoms with Crippen LogP contribution in [0.15, 0.2) is 0 Å². The van der Waals surface area contributed by atoms with Gasteiger partial charge in [0.2, 0.25) is 0 Å². The smallest absolute Gasteiger partial charge is 0.195 e. The molecule has 5 heteroatoms. The van der Waals surface area contributed by atoms with Gasteiger partial charge in [-0.3, -0.25) is 0 Å². The van der Waals surface area contributed by atoms with Crippen molar-refractivity contribution in [2.75, 3.05) is 0 Å². The highest BCUT2D eigenvalue weighted by Gasteiger charge is 2.28. The summed E-state index contributed by atoms with van der Waals surface area (Å²) in [6.45, 7) is 7.63. The molecular weight excluding hydrogens is 210 g/mol. The molecule has 0 amide bonds. The molecule has 0 aliphatic rings. The molecule has 0 aliphatic heterocycles. The van der Waals surface area contributed by atoms with Gasteiger partial charge in [0.25, 0.3) is 9.24 Å². The van der Waals surface area contributed by atoms with Crippen LogP contribution in [-0.2, 0) is 9.24 Å². The molecule has 0 aromatic rings. The van der Waals surface area contributed by atoms with E-state index >= 15 is 0 Å². The normalized spacial score (nSPS) is 17.4. The fraction of sp³-hybridized carbons (Fsp3) is 1.00. The minimum Gasteiger partial charge on any atom is -0.195 e. The second-order valence-corrected chi connectivity index (χ2v) is 5.70.